The number of carbonyl (C=O) groups excluding carboxylic acids is 1. The molecule has 0 unspecified atom stereocenters. The van der Waals surface area contributed by atoms with Crippen LogP contribution in [-0.2, 0) is 33.7 Å². The van der Waals surface area contributed by atoms with Gasteiger partial charge < -0.3 is 19.5 Å². The van der Waals surface area contributed by atoms with E-state index < -0.39 is 0 Å². The topological polar surface area (TPSA) is 77.8 Å². The lowest BCUT2D eigenvalue weighted by atomic mass is 9.69. The molecule has 1 aliphatic carbocycles. The van der Waals surface area contributed by atoms with Gasteiger partial charge in [-0.15, -0.1) is 0 Å². The minimum atomic E-state index is -0.384. The van der Waals surface area contributed by atoms with Crippen LogP contribution in [0.4, 0.5) is 4.79 Å². The first-order valence-corrected chi connectivity index (χ1v) is 12.3. The van der Waals surface area contributed by atoms with Gasteiger partial charge in [0, 0.05) is 56.6 Å². The highest BCUT2D eigenvalue weighted by Crippen LogP contribution is 2.46. The second-order valence-corrected chi connectivity index (χ2v) is 9.31. The second kappa shape index (κ2) is 12.0. The Kier molecular flexibility index (Phi) is 9.37. The van der Waals surface area contributed by atoms with Gasteiger partial charge in [-0.2, -0.15) is 5.10 Å². The zero-order chi connectivity index (χ0) is 23.0. The first-order valence-electron chi connectivity index (χ1n) is 12.3. The number of hydrogen-bond donors (Lipinski definition) is 1. The number of hydrogen-bond acceptors (Lipinski definition) is 6. The summed E-state index contributed by atoms with van der Waals surface area (Å²) in [4.78, 5) is 13.5. The summed E-state index contributed by atoms with van der Waals surface area (Å²) in [5.74, 6) is 0.554. The summed E-state index contributed by atoms with van der Waals surface area (Å²) in [5.41, 5.74) is 4.28. The zero-order valence-corrected chi connectivity index (χ0v) is 20.5. The predicted octanol–water partition coefficient (Wildman–Crippen LogP) is 3.33. The van der Waals surface area contributed by atoms with Gasteiger partial charge in [-0.1, -0.05) is 0 Å². The standard InChI is InChI=1S/C24H42N4O4/c1-5-30-17-24(18-31-6-2)11-9-19(10-12-24)22-20(26-28-13-7-8-21(22)28)16-27(4)14-15-32-23(29)25-3/h19H,5-18H2,1-4H3,(H,25,29). The fraction of sp³-hybridized carbons (Fsp3) is 0.833. The number of alkyl carbamates (subject to hydrolysis) is 1. The fourth-order valence-electron chi connectivity index (χ4n) is 5.19. The number of nitrogens with one attached hydrogen (secondary N) is 1. The van der Waals surface area contributed by atoms with Crippen molar-refractivity contribution in [3.8, 4) is 0 Å². The molecule has 0 saturated heterocycles. The van der Waals surface area contributed by atoms with Crippen molar-refractivity contribution in [2.24, 2.45) is 5.41 Å². The Balaban J connectivity index is 1.66. The SMILES string of the molecule is CCOCC1(COCC)CCC(c2c(CN(C)CCOC(=O)NC)nn3c2CCC3)CC1. The smallest absolute Gasteiger partial charge is 0.406 e. The van der Waals surface area contributed by atoms with E-state index in [1.54, 1.807) is 7.05 Å². The largest absolute Gasteiger partial charge is 0.448 e. The number of aromatic nitrogens is 2. The van der Waals surface area contributed by atoms with Gasteiger partial charge in [-0.25, -0.2) is 4.79 Å². The van der Waals surface area contributed by atoms with Crippen LogP contribution in [0.15, 0.2) is 0 Å². The van der Waals surface area contributed by atoms with Gasteiger partial charge >= 0.3 is 6.09 Å². The molecule has 1 amide bonds. The van der Waals surface area contributed by atoms with Crippen molar-refractivity contribution in [1.82, 2.24) is 20.0 Å². The molecule has 1 aromatic rings. The molecule has 32 heavy (non-hydrogen) atoms. The van der Waals surface area contributed by atoms with Crippen molar-refractivity contribution >= 4 is 6.09 Å². The number of ether oxygens (including phenoxy) is 3. The summed E-state index contributed by atoms with van der Waals surface area (Å²) in [5, 5.41) is 7.49. The molecule has 0 radical (unpaired) electrons. The van der Waals surface area contributed by atoms with Crippen LogP contribution < -0.4 is 5.32 Å². The molecule has 2 heterocycles. The van der Waals surface area contributed by atoms with Gasteiger partial charge in [-0.3, -0.25) is 9.58 Å². The molecular formula is C24H42N4O4. The second-order valence-electron chi connectivity index (χ2n) is 9.31. The van der Waals surface area contributed by atoms with Crippen LogP contribution in [0.25, 0.3) is 0 Å². The van der Waals surface area contributed by atoms with E-state index in [1.807, 2.05) is 0 Å². The fourth-order valence-corrected chi connectivity index (χ4v) is 5.19. The normalized spacial score (nSPS) is 18.2. The van der Waals surface area contributed by atoms with E-state index in [1.165, 1.54) is 23.4 Å². The van der Waals surface area contributed by atoms with Crippen LogP contribution in [0.3, 0.4) is 0 Å². The molecule has 3 rings (SSSR count). The average Bonchev–Trinajstić information content (AvgIpc) is 3.38. The lowest BCUT2D eigenvalue weighted by molar-refractivity contribution is -0.0395. The third kappa shape index (κ3) is 6.23. The Hall–Kier alpha value is -1.64. The van der Waals surface area contributed by atoms with Crippen LogP contribution in [0.1, 0.15) is 68.8 Å². The van der Waals surface area contributed by atoms with Crippen molar-refractivity contribution < 1.29 is 19.0 Å². The molecule has 8 heteroatoms. The van der Waals surface area contributed by atoms with E-state index in [0.29, 0.717) is 19.1 Å². The van der Waals surface area contributed by atoms with E-state index >= 15 is 0 Å². The van der Waals surface area contributed by atoms with Gasteiger partial charge in [0.2, 0.25) is 0 Å². The molecule has 0 spiro atoms. The Bertz CT molecular complexity index is 718. The number of nitrogens with zero attached hydrogens (tertiary/aromatic N) is 3. The summed E-state index contributed by atoms with van der Waals surface area (Å²) in [6.45, 7) is 10.1. The first-order chi connectivity index (χ1) is 15.5. The molecule has 1 N–H and O–H groups in total. The minimum absolute atomic E-state index is 0.146. The van der Waals surface area contributed by atoms with E-state index in [2.05, 4.69) is 35.8 Å². The highest BCUT2D eigenvalue weighted by Gasteiger charge is 2.38. The lowest BCUT2D eigenvalue weighted by Gasteiger charge is -2.40. The molecule has 182 valence electrons. The maximum absolute atomic E-state index is 11.3. The predicted molar refractivity (Wildman–Crippen MR) is 124 cm³/mol. The number of rotatable bonds is 12. The van der Waals surface area contributed by atoms with Crippen molar-refractivity contribution in [3.05, 3.63) is 17.0 Å². The molecule has 1 saturated carbocycles. The van der Waals surface area contributed by atoms with Gasteiger partial charge in [0.25, 0.3) is 0 Å². The van der Waals surface area contributed by atoms with Crippen molar-refractivity contribution in [2.75, 3.05) is 53.7 Å². The molecule has 1 fully saturated rings. The Morgan fingerprint density at radius 2 is 1.91 bits per heavy atom. The van der Waals surface area contributed by atoms with Gasteiger partial charge in [-0.05, 0) is 65.3 Å². The van der Waals surface area contributed by atoms with Crippen LogP contribution in [0.5, 0.6) is 0 Å². The first kappa shape index (κ1) is 25.0. The van der Waals surface area contributed by atoms with E-state index in [-0.39, 0.29) is 11.5 Å². The maximum Gasteiger partial charge on any atom is 0.406 e. The van der Waals surface area contributed by atoms with Crippen molar-refractivity contribution in [3.63, 3.8) is 0 Å². The summed E-state index contributed by atoms with van der Waals surface area (Å²) >= 11 is 0. The van der Waals surface area contributed by atoms with E-state index in [4.69, 9.17) is 19.3 Å². The molecule has 0 aromatic carbocycles. The summed E-state index contributed by atoms with van der Waals surface area (Å²) < 4.78 is 19.1. The van der Waals surface area contributed by atoms with Crippen LogP contribution >= 0.6 is 0 Å². The number of fused-ring (bicyclic) bond motifs is 1. The number of aryl methyl sites for hydroxylation is 1. The van der Waals surface area contributed by atoms with Crippen molar-refractivity contribution in [2.45, 2.75) is 71.4 Å². The van der Waals surface area contributed by atoms with E-state index in [9.17, 15) is 4.79 Å². The Morgan fingerprint density at radius 1 is 1.22 bits per heavy atom. The molecule has 0 atom stereocenters. The van der Waals surface area contributed by atoms with Gasteiger partial charge in [0.15, 0.2) is 0 Å². The third-order valence-corrected chi connectivity index (χ3v) is 6.97. The molecule has 2 aliphatic rings. The van der Waals surface area contributed by atoms with Gasteiger partial charge in [0.1, 0.15) is 6.61 Å². The minimum Gasteiger partial charge on any atom is -0.448 e. The Labute approximate surface area is 193 Å². The maximum atomic E-state index is 11.3. The highest BCUT2D eigenvalue weighted by molar-refractivity contribution is 5.66. The van der Waals surface area contributed by atoms with Gasteiger partial charge in [0.05, 0.1) is 18.9 Å². The van der Waals surface area contributed by atoms with Crippen molar-refractivity contribution in [1.29, 1.82) is 0 Å². The molecule has 1 aliphatic heterocycles. The summed E-state index contributed by atoms with van der Waals surface area (Å²) in [6.07, 6.45) is 6.53. The number of carbonyl (C=O) groups is 1. The van der Waals surface area contributed by atoms with Crippen LogP contribution in [0, 0.1) is 5.41 Å². The van der Waals surface area contributed by atoms with E-state index in [0.717, 1.165) is 71.6 Å². The molecule has 0 bridgehead atoms. The third-order valence-electron chi connectivity index (χ3n) is 6.97. The average molecular weight is 451 g/mol. The Morgan fingerprint density at radius 3 is 2.53 bits per heavy atom. The molecule has 1 aromatic heterocycles. The lowest BCUT2D eigenvalue weighted by Crippen LogP contribution is -2.36. The van der Waals surface area contributed by atoms with Crippen LogP contribution in [0.2, 0.25) is 0 Å². The zero-order valence-electron chi connectivity index (χ0n) is 20.5. The monoisotopic (exact) mass is 450 g/mol. The van der Waals surface area contributed by atoms with Crippen LogP contribution in [-0.4, -0.2) is 74.4 Å². The highest BCUT2D eigenvalue weighted by atomic mass is 16.5. The number of amides is 1. The molecular weight excluding hydrogens is 408 g/mol. The summed E-state index contributed by atoms with van der Waals surface area (Å²) in [6, 6.07) is 0. The molecule has 8 nitrogen and oxygen atoms in total. The number of likely N-dealkylation sites (N-methyl/N-ethyl adjacent to an activating group) is 1. The summed E-state index contributed by atoms with van der Waals surface area (Å²) in [7, 11) is 3.64. The quantitative estimate of drug-likeness (QED) is 0.526.